The van der Waals surface area contributed by atoms with Crippen molar-refractivity contribution in [3.05, 3.63) is 12.2 Å². The fourth-order valence-corrected chi connectivity index (χ4v) is 4.07. The zero-order valence-corrected chi connectivity index (χ0v) is 11.6. The van der Waals surface area contributed by atoms with Gasteiger partial charge in [0.2, 0.25) is 0 Å². The summed E-state index contributed by atoms with van der Waals surface area (Å²) in [6.45, 7) is 3.08. The van der Waals surface area contributed by atoms with E-state index in [2.05, 4.69) is 24.4 Å². The molecule has 0 spiro atoms. The van der Waals surface area contributed by atoms with Crippen LogP contribution in [0.1, 0.15) is 51.9 Å². The Labute approximate surface area is 111 Å². The van der Waals surface area contributed by atoms with E-state index >= 15 is 0 Å². The molecule has 0 aromatic heterocycles. The van der Waals surface area contributed by atoms with E-state index in [1.54, 1.807) is 0 Å². The van der Waals surface area contributed by atoms with Crippen LogP contribution in [0.25, 0.3) is 0 Å². The van der Waals surface area contributed by atoms with Crippen molar-refractivity contribution in [3.8, 4) is 0 Å². The van der Waals surface area contributed by atoms with E-state index in [0.29, 0.717) is 6.04 Å². The lowest BCUT2D eigenvalue weighted by molar-refractivity contribution is -0.0169. The Kier molecular flexibility index (Phi) is 3.50. The summed E-state index contributed by atoms with van der Waals surface area (Å²) in [7, 11) is 0. The summed E-state index contributed by atoms with van der Waals surface area (Å²) in [4.78, 5) is 0. The zero-order chi connectivity index (χ0) is 12.6. The number of allylic oxidation sites excluding steroid dienone is 1. The monoisotopic (exact) mass is 249 g/mol. The van der Waals surface area contributed by atoms with Crippen molar-refractivity contribution >= 4 is 0 Å². The second-order valence-corrected chi connectivity index (χ2v) is 6.80. The highest BCUT2D eigenvalue weighted by atomic mass is 16.3. The lowest BCUT2D eigenvalue weighted by Crippen LogP contribution is -2.53. The summed E-state index contributed by atoms with van der Waals surface area (Å²) in [6.07, 6.45) is 13.0. The van der Waals surface area contributed by atoms with Gasteiger partial charge in [0.25, 0.3) is 0 Å². The van der Waals surface area contributed by atoms with Crippen molar-refractivity contribution in [1.82, 2.24) is 5.32 Å². The topological polar surface area (TPSA) is 32.3 Å². The summed E-state index contributed by atoms with van der Waals surface area (Å²) in [6, 6.07) is 0.640. The third-order valence-corrected chi connectivity index (χ3v) is 5.67. The standard InChI is InChI=1S/C16H27NO/c1-2-12-6-8-16(18,9-7-12)11-17-15-10-13-4-3-5-14(13)15/h3,5,12-15,17-18H,2,4,6-11H2,1H3. The second kappa shape index (κ2) is 4.97. The molecule has 3 aliphatic carbocycles. The van der Waals surface area contributed by atoms with Crippen molar-refractivity contribution in [3.63, 3.8) is 0 Å². The highest BCUT2D eigenvalue weighted by molar-refractivity contribution is 5.13. The van der Waals surface area contributed by atoms with E-state index in [9.17, 15) is 5.11 Å². The van der Waals surface area contributed by atoms with Gasteiger partial charge in [-0.3, -0.25) is 0 Å². The summed E-state index contributed by atoms with van der Waals surface area (Å²) in [5.74, 6) is 2.53. The maximum absolute atomic E-state index is 10.6. The molecule has 2 saturated carbocycles. The highest BCUT2D eigenvalue weighted by Crippen LogP contribution is 2.43. The van der Waals surface area contributed by atoms with Crippen LogP contribution in [-0.2, 0) is 0 Å². The number of aliphatic hydroxyl groups is 1. The minimum absolute atomic E-state index is 0.418. The van der Waals surface area contributed by atoms with Gasteiger partial charge in [0.05, 0.1) is 5.60 Å². The van der Waals surface area contributed by atoms with Crippen LogP contribution in [0, 0.1) is 17.8 Å². The smallest absolute Gasteiger partial charge is 0.0771 e. The molecular weight excluding hydrogens is 222 g/mol. The normalized spacial score (nSPS) is 46.8. The molecule has 0 aromatic rings. The van der Waals surface area contributed by atoms with Crippen molar-refractivity contribution in [2.45, 2.75) is 63.5 Å². The van der Waals surface area contributed by atoms with Crippen LogP contribution >= 0.6 is 0 Å². The van der Waals surface area contributed by atoms with Gasteiger partial charge in [-0.1, -0.05) is 25.5 Å². The Morgan fingerprint density at radius 2 is 2.11 bits per heavy atom. The summed E-state index contributed by atoms with van der Waals surface area (Å²) in [5.41, 5.74) is -0.418. The van der Waals surface area contributed by atoms with Gasteiger partial charge in [-0.2, -0.15) is 0 Å². The first kappa shape index (κ1) is 12.7. The fraction of sp³-hybridized carbons (Fsp3) is 0.875. The first-order chi connectivity index (χ1) is 8.70. The predicted octanol–water partition coefficient (Wildman–Crippen LogP) is 2.87. The van der Waals surface area contributed by atoms with Crippen molar-refractivity contribution < 1.29 is 5.11 Å². The van der Waals surface area contributed by atoms with Gasteiger partial charge in [-0.05, 0) is 56.3 Å². The SMILES string of the molecule is CCC1CCC(O)(CNC2CC3CC=CC32)CC1. The Bertz CT molecular complexity index is 317. The molecule has 0 amide bonds. The maximum atomic E-state index is 10.6. The molecule has 0 aromatic carbocycles. The number of hydrogen-bond donors (Lipinski definition) is 2. The number of rotatable bonds is 4. The third-order valence-electron chi connectivity index (χ3n) is 5.67. The van der Waals surface area contributed by atoms with E-state index in [1.165, 1.54) is 32.1 Å². The van der Waals surface area contributed by atoms with Crippen LogP contribution in [0.2, 0.25) is 0 Å². The lowest BCUT2D eigenvalue weighted by Gasteiger charge is -2.44. The maximum Gasteiger partial charge on any atom is 0.0771 e. The van der Waals surface area contributed by atoms with Crippen LogP contribution in [0.4, 0.5) is 0 Å². The molecule has 102 valence electrons. The van der Waals surface area contributed by atoms with E-state index in [-0.39, 0.29) is 0 Å². The van der Waals surface area contributed by atoms with Gasteiger partial charge in [0.15, 0.2) is 0 Å². The Hall–Kier alpha value is -0.340. The molecule has 3 atom stereocenters. The van der Waals surface area contributed by atoms with Crippen LogP contribution in [0.15, 0.2) is 12.2 Å². The molecule has 0 aliphatic heterocycles. The fourth-order valence-electron chi connectivity index (χ4n) is 4.07. The van der Waals surface area contributed by atoms with Crippen molar-refractivity contribution in [2.75, 3.05) is 6.54 Å². The molecule has 2 nitrogen and oxygen atoms in total. The average molecular weight is 249 g/mol. The largest absolute Gasteiger partial charge is 0.389 e. The van der Waals surface area contributed by atoms with Gasteiger partial charge in [0, 0.05) is 12.6 Å². The van der Waals surface area contributed by atoms with Crippen LogP contribution in [0.5, 0.6) is 0 Å². The van der Waals surface area contributed by atoms with Gasteiger partial charge in [0.1, 0.15) is 0 Å². The number of fused-ring (bicyclic) bond motifs is 1. The third kappa shape index (κ3) is 2.37. The highest BCUT2D eigenvalue weighted by Gasteiger charge is 2.42. The predicted molar refractivity (Wildman–Crippen MR) is 74.3 cm³/mol. The molecule has 0 saturated heterocycles. The Balaban J connectivity index is 1.44. The van der Waals surface area contributed by atoms with Crippen LogP contribution < -0.4 is 5.32 Å². The van der Waals surface area contributed by atoms with Gasteiger partial charge < -0.3 is 10.4 Å². The van der Waals surface area contributed by atoms with Crippen molar-refractivity contribution in [2.24, 2.45) is 17.8 Å². The molecular formula is C16H27NO. The molecule has 2 N–H and O–H groups in total. The van der Waals surface area contributed by atoms with E-state index < -0.39 is 5.60 Å². The van der Waals surface area contributed by atoms with Crippen LogP contribution in [-0.4, -0.2) is 23.3 Å². The summed E-state index contributed by atoms with van der Waals surface area (Å²) >= 11 is 0. The second-order valence-electron chi connectivity index (χ2n) is 6.80. The minimum Gasteiger partial charge on any atom is -0.389 e. The molecule has 3 rings (SSSR count). The average Bonchev–Trinajstić information content (AvgIpc) is 2.72. The van der Waals surface area contributed by atoms with Gasteiger partial charge in [-0.25, -0.2) is 0 Å². The number of nitrogens with one attached hydrogen (secondary N) is 1. The Morgan fingerprint density at radius 1 is 1.33 bits per heavy atom. The summed E-state index contributed by atoms with van der Waals surface area (Å²) in [5, 5.41) is 14.2. The first-order valence-corrected chi connectivity index (χ1v) is 7.82. The summed E-state index contributed by atoms with van der Waals surface area (Å²) < 4.78 is 0. The molecule has 3 unspecified atom stereocenters. The van der Waals surface area contributed by atoms with E-state index in [4.69, 9.17) is 0 Å². The quantitative estimate of drug-likeness (QED) is 0.751. The molecule has 0 bridgehead atoms. The molecule has 2 fully saturated rings. The minimum atomic E-state index is -0.418. The van der Waals surface area contributed by atoms with Gasteiger partial charge in [-0.15, -0.1) is 0 Å². The van der Waals surface area contributed by atoms with Gasteiger partial charge >= 0.3 is 0 Å². The molecule has 3 aliphatic rings. The first-order valence-electron chi connectivity index (χ1n) is 7.82. The van der Waals surface area contributed by atoms with Crippen LogP contribution in [0.3, 0.4) is 0 Å². The zero-order valence-electron chi connectivity index (χ0n) is 11.6. The lowest BCUT2D eigenvalue weighted by atomic mass is 9.70. The van der Waals surface area contributed by atoms with E-state index in [1.807, 2.05) is 0 Å². The Morgan fingerprint density at radius 3 is 2.78 bits per heavy atom. The molecule has 2 heteroatoms. The number of hydrogen-bond acceptors (Lipinski definition) is 2. The molecule has 0 radical (unpaired) electrons. The molecule has 0 heterocycles. The van der Waals surface area contributed by atoms with Crippen molar-refractivity contribution in [1.29, 1.82) is 0 Å². The van der Waals surface area contributed by atoms with E-state index in [0.717, 1.165) is 37.1 Å². The molecule has 18 heavy (non-hydrogen) atoms.